The quantitative estimate of drug-likeness (QED) is 0.613. The van der Waals surface area contributed by atoms with E-state index in [1.165, 1.54) is 22.0 Å². The van der Waals surface area contributed by atoms with Crippen molar-refractivity contribution < 1.29 is 21.6 Å². The van der Waals surface area contributed by atoms with Crippen molar-refractivity contribution in [2.75, 3.05) is 26.0 Å². The molecule has 0 aromatic heterocycles. The average Bonchev–Trinajstić information content (AvgIpc) is 2.73. The van der Waals surface area contributed by atoms with Gasteiger partial charge in [-0.15, -0.1) is 0 Å². The first kappa shape index (κ1) is 22.8. The number of aryl methyl sites for hydroxylation is 1. The van der Waals surface area contributed by atoms with E-state index in [9.17, 15) is 16.8 Å². The fourth-order valence-corrected chi connectivity index (χ4v) is 6.91. The molecule has 1 heterocycles. The van der Waals surface area contributed by atoms with E-state index in [0.29, 0.717) is 25.6 Å². The monoisotopic (exact) mass is 451 g/mol. The molecule has 1 saturated heterocycles. The summed E-state index contributed by atoms with van der Waals surface area (Å²) in [6.45, 7) is 3.43. The summed E-state index contributed by atoms with van der Waals surface area (Å²) in [5.41, 5.74) is 1.25. The van der Waals surface area contributed by atoms with Gasteiger partial charge >= 0.3 is 0 Å². The van der Waals surface area contributed by atoms with Crippen molar-refractivity contribution >= 4 is 19.9 Å². The van der Waals surface area contributed by atoms with Crippen molar-refractivity contribution in [2.45, 2.75) is 42.4 Å². The molecule has 2 aromatic rings. The average molecular weight is 452 g/mol. The Bertz CT molecular complexity index is 1050. The van der Waals surface area contributed by atoms with Crippen LogP contribution in [0, 0.1) is 5.92 Å². The first-order valence-corrected chi connectivity index (χ1v) is 13.6. The van der Waals surface area contributed by atoms with Gasteiger partial charge in [-0.1, -0.05) is 24.3 Å². The third-order valence-corrected chi connectivity index (χ3v) is 8.76. The van der Waals surface area contributed by atoms with E-state index >= 15 is 0 Å². The van der Waals surface area contributed by atoms with Crippen LogP contribution in [0.5, 0.6) is 5.75 Å². The first-order valence-electron chi connectivity index (χ1n) is 10.2. The number of nitrogens with zero attached hydrogens (tertiary/aromatic N) is 1. The van der Waals surface area contributed by atoms with Gasteiger partial charge in [0.1, 0.15) is 10.6 Å². The van der Waals surface area contributed by atoms with Crippen LogP contribution in [0.3, 0.4) is 0 Å². The lowest BCUT2D eigenvalue weighted by molar-refractivity contribution is 0.263. The Labute approximate surface area is 179 Å². The minimum Gasteiger partial charge on any atom is -0.494 e. The maximum absolute atomic E-state index is 13.1. The van der Waals surface area contributed by atoms with Gasteiger partial charge < -0.3 is 4.74 Å². The molecule has 0 bridgehead atoms. The van der Waals surface area contributed by atoms with Gasteiger partial charge in [0.05, 0.1) is 11.5 Å². The zero-order chi connectivity index (χ0) is 21.8. The van der Waals surface area contributed by atoms with Gasteiger partial charge in [-0.2, -0.15) is 4.31 Å². The summed E-state index contributed by atoms with van der Waals surface area (Å²) in [5, 5.41) is 0. The molecule has 2 aromatic carbocycles. The highest BCUT2D eigenvalue weighted by Crippen LogP contribution is 2.29. The lowest BCUT2D eigenvalue weighted by atomic mass is 9.91. The molecule has 164 valence electrons. The number of hydrogen-bond acceptors (Lipinski definition) is 5. The van der Waals surface area contributed by atoms with Crippen molar-refractivity contribution in [2.24, 2.45) is 5.92 Å². The number of benzene rings is 2. The molecule has 0 spiro atoms. The highest BCUT2D eigenvalue weighted by atomic mass is 32.2. The Morgan fingerprint density at radius 2 is 1.53 bits per heavy atom. The van der Waals surface area contributed by atoms with Crippen LogP contribution in [-0.2, 0) is 26.3 Å². The zero-order valence-corrected chi connectivity index (χ0v) is 19.1. The first-order chi connectivity index (χ1) is 14.2. The predicted octanol–water partition coefficient (Wildman–Crippen LogP) is 3.52. The Balaban J connectivity index is 1.60. The molecule has 0 saturated carbocycles. The Morgan fingerprint density at radius 3 is 2.10 bits per heavy atom. The van der Waals surface area contributed by atoms with Gasteiger partial charge in [0.15, 0.2) is 9.84 Å². The summed E-state index contributed by atoms with van der Waals surface area (Å²) in [6, 6.07) is 13.9. The third-order valence-electron chi connectivity index (χ3n) is 5.52. The predicted molar refractivity (Wildman–Crippen MR) is 117 cm³/mol. The summed E-state index contributed by atoms with van der Waals surface area (Å²) in [6.07, 6.45) is 4.53. The molecule has 1 fully saturated rings. The van der Waals surface area contributed by atoms with Crippen molar-refractivity contribution in [3.8, 4) is 5.75 Å². The van der Waals surface area contributed by atoms with E-state index in [1.807, 2.05) is 19.1 Å². The molecule has 30 heavy (non-hydrogen) atoms. The van der Waals surface area contributed by atoms with Gasteiger partial charge in [0.2, 0.25) is 10.0 Å². The molecule has 0 unspecified atom stereocenters. The molecule has 0 atom stereocenters. The van der Waals surface area contributed by atoms with E-state index in [0.717, 1.165) is 37.7 Å². The van der Waals surface area contributed by atoms with Gasteiger partial charge in [0.25, 0.3) is 0 Å². The Hall–Kier alpha value is -1.90. The van der Waals surface area contributed by atoms with Crippen LogP contribution in [-0.4, -0.2) is 47.1 Å². The van der Waals surface area contributed by atoms with Crippen LogP contribution >= 0.6 is 0 Å². The third kappa shape index (κ3) is 5.42. The largest absolute Gasteiger partial charge is 0.494 e. The van der Waals surface area contributed by atoms with Gasteiger partial charge in [0, 0.05) is 19.3 Å². The molecular weight excluding hydrogens is 422 g/mol. The van der Waals surface area contributed by atoms with Crippen LogP contribution in [0.25, 0.3) is 0 Å². The van der Waals surface area contributed by atoms with Crippen molar-refractivity contribution in [3.05, 3.63) is 54.1 Å². The van der Waals surface area contributed by atoms with Crippen molar-refractivity contribution in [1.29, 1.82) is 0 Å². The molecule has 0 aliphatic carbocycles. The van der Waals surface area contributed by atoms with Gasteiger partial charge in [-0.05, 0) is 68.4 Å². The number of hydrogen-bond donors (Lipinski definition) is 0. The lowest BCUT2D eigenvalue weighted by Crippen LogP contribution is -2.39. The van der Waals surface area contributed by atoms with Gasteiger partial charge in [-0.25, -0.2) is 16.8 Å². The molecule has 1 aliphatic heterocycles. The highest BCUT2D eigenvalue weighted by Gasteiger charge is 2.32. The fourth-order valence-electron chi connectivity index (χ4n) is 3.84. The van der Waals surface area contributed by atoms with E-state index in [4.69, 9.17) is 4.74 Å². The number of piperidine rings is 1. The molecular formula is C22H29NO5S2. The van der Waals surface area contributed by atoms with Crippen LogP contribution in [0.4, 0.5) is 0 Å². The molecule has 3 rings (SSSR count). The topological polar surface area (TPSA) is 80.8 Å². The zero-order valence-electron chi connectivity index (χ0n) is 17.5. The Morgan fingerprint density at radius 1 is 0.933 bits per heavy atom. The molecule has 1 aliphatic rings. The Kier molecular flexibility index (Phi) is 7.21. The number of rotatable bonds is 8. The molecule has 8 heteroatoms. The highest BCUT2D eigenvalue weighted by molar-refractivity contribution is 7.93. The molecule has 0 N–H and O–H groups in total. The van der Waals surface area contributed by atoms with Crippen molar-refractivity contribution in [1.82, 2.24) is 4.31 Å². The summed E-state index contributed by atoms with van der Waals surface area (Å²) in [5.74, 6) is 1.32. The van der Waals surface area contributed by atoms with Crippen LogP contribution < -0.4 is 4.74 Å². The minimum absolute atomic E-state index is 0.125. The molecule has 6 nitrogen and oxygen atoms in total. The summed E-state index contributed by atoms with van der Waals surface area (Å²) in [4.78, 5) is -0.261. The van der Waals surface area contributed by atoms with E-state index in [2.05, 4.69) is 12.1 Å². The summed E-state index contributed by atoms with van der Waals surface area (Å²) >= 11 is 0. The number of ether oxygens (including phenoxy) is 1. The second-order valence-corrected chi connectivity index (χ2v) is 11.6. The maximum atomic E-state index is 13.1. The van der Waals surface area contributed by atoms with Crippen LogP contribution in [0.15, 0.2) is 58.3 Å². The van der Waals surface area contributed by atoms with Crippen LogP contribution in [0.1, 0.15) is 31.7 Å². The summed E-state index contributed by atoms with van der Waals surface area (Å²) < 4.78 is 57.1. The van der Waals surface area contributed by atoms with E-state index < -0.39 is 19.9 Å². The SMILES string of the molecule is CCOc1ccc(CCC2CCN(S(=O)(=O)c3ccccc3S(C)(=O)=O)CC2)cc1. The molecule has 0 radical (unpaired) electrons. The van der Waals surface area contributed by atoms with Gasteiger partial charge in [-0.3, -0.25) is 0 Å². The van der Waals surface area contributed by atoms with Crippen LogP contribution in [0.2, 0.25) is 0 Å². The standard InChI is InChI=1S/C22H29NO5S2/c1-3-28-20-12-10-18(11-13-20)8-9-19-14-16-23(17-15-19)30(26,27)22-7-5-4-6-21(22)29(2,24)25/h4-7,10-13,19H,3,8-9,14-17H2,1-2H3. The fraction of sp³-hybridized carbons (Fsp3) is 0.455. The second kappa shape index (κ2) is 9.49. The smallest absolute Gasteiger partial charge is 0.244 e. The van der Waals surface area contributed by atoms with Crippen molar-refractivity contribution in [3.63, 3.8) is 0 Å². The number of sulfonamides is 1. The minimum atomic E-state index is -3.84. The number of sulfone groups is 1. The van der Waals surface area contributed by atoms with E-state index in [1.54, 1.807) is 12.1 Å². The summed E-state index contributed by atoms with van der Waals surface area (Å²) in [7, 11) is -7.46. The molecule has 0 amide bonds. The lowest BCUT2D eigenvalue weighted by Gasteiger charge is -2.31. The normalized spacial score (nSPS) is 16.5. The maximum Gasteiger partial charge on any atom is 0.244 e. The second-order valence-electron chi connectivity index (χ2n) is 7.68. The van der Waals surface area contributed by atoms with E-state index in [-0.39, 0.29) is 9.79 Å².